The van der Waals surface area contributed by atoms with Crippen molar-refractivity contribution in [2.45, 2.75) is 0 Å². The molecule has 1 heterocycles. The predicted molar refractivity (Wildman–Crippen MR) is 96.1 cm³/mol. The maximum absolute atomic E-state index is 12.0. The number of benzene rings is 1. The Bertz CT molecular complexity index is 632. The molecular weight excluding hydrogens is 356 g/mol. The molecule has 1 fully saturated rings. The zero-order chi connectivity index (χ0) is 19.6. The Morgan fingerprint density at radius 2 is 1.96 bits per heavy atom. The van der Waals surface area contributed by atoms with E-state index in [1.165, 1.54) is 19.3 Å². The number of carbonyl (C=O) groups is 1. The van der Waals surface area contributed by atoms with E-state index in [0.29, 0.717) is 19.0 Å². The van der Waals surface area contributed by atoms with Crippen LogP contribution in [0, 0.1) is 0 Å². The van der Waals surface area contributed by atoms with E-state index in [-0.39, 0.29) is 23.7 Å². The molecule has 2 rings (SSSR count). The van der Waals surface area contributed by atoms with Crippen molar-refractivity contribution in [3.05, 3.63) is 29.8 Å². The van der Waals surface area contributed by atoms with Gasteiger partial charge in [0.25, 0.3) is 0 Å². The largest absolute Gasteiger partial charge is 0.504 e. The van der Waals surface area contributed by atoms with Crippen molar-refractivity contribution in [2.75, 3.05) is 53.1 Å². The maximum Gasteiger partial charge on any atom is 0.245 e. The summed E-state index contributed by atoms with van der Waals surface area (Å²) in [6.45, 7) is 4.43. The third-order valence-electron chi connectivity index (χ3n) is 4.19. The monoisotopic (exact) mass is 382 g/mol. The molecule has 10 heteroatoms. The van der Waals surface area contributed by atoms with Crippen LogP contribution in [0.5, 0.6) is 11.5 Å². The number of ether oxygens (including phenoxy) is 1. The van der Waals surface area contributed by atoms with Crippen LogP contribution in [-0.2, 0) is 9.63 Å². The number of hydrogen-bond donors (Lipinski definition) is 4. The van der Waals surface area contributed by atoms with Gasteiger partial charge >= 0.3 is 0 Å². The number of nitrogens with one attached hydrogen (secondary N) is 1. The molecule has 1 saturated heterocycles. The van der Waals surface area contributed by atoms with Crippen molar-refractivity contribution in [3.8, 4) is 11.5 Å². The third-order valence-corrected chi connectivity index (χ3v) is 4.19. The second-order valence-electron chi connectivity index (χ2n) is 6.01. The first-order valence-corrected chi connectivity index (χ1v) is 8.56. The highest BCUT2D eigenvalue weighted by Crippen LogP contribution is 2.26. The fourth-order valence-electron chi connectivity index (χ4n) is 2.64. The predicted octanol–water partition coefficient (Wildman–Crippen LogP) is 0.117. The van der Waals surface area contributed by atoms with Crippen LogP contribution in [-0.4, -0.2) is 89.7 Å². The molecule has 0 spiro atoms. The van der Waals surface area contributed by atoms with Gasteiger partial charge in [-0.1, -0.05) is 6.07 Å². The van der Waals surface area contributed by atoms with Crippen molar-refractivity contribution in [1.82, 2.24) is 20.5 Å². The van der Waals surface area contributed by atoms with E-state index < -0.39 is 0 Å². The number of aromatic hydroxyl groups is 1. The Morgan fingerprint density at radius 1 is 1.26 bits per heavy atom. The van der Waals surface area contributed by atoms with Gasteiger partial charge in [0, 0.05) is 38.8 Å². The van der Waals surface area contributed by atoms with Crippen LogP contribution in [0.4, 0.5) is 0 Å². The molecule has 0 radical (unpaired) electrons. The van der Waals surface area contributed by atoms with Crippen molar-refractivity contribution >= 4 is 12.0 Å². The van der Waals surface area contributed by atoms with Crippen LogP contribution in [0.25, 0.3) is 6.08 Å². The SMILES string of the molecule is COc1cc(/C=C/C(=O)NCN2CCN(CCON(O)O)CC2)ccc1O. The van der Waals surface area contributed by atoms with E-state index in [1.807, 2.05) is 0 Å². The standard InChI is InChI=1S/C17H26N4O6/c1-26-16-12-14(2-4-15(16)22)3-5-17(23)18-13-20-8-6-19(7-9-20)10-11-27-21(24)25/h2-5,12,22,24-25H,6-11,13H2,1H3,(H,18,23)/b5-3+. The Balaban J connectivity index is 1.67. The summed E-state index contributed by atoms with van der Waals surface area (Å²) in [5, 5.41) is 29.1. The molecule has 10 nitrogen and oxygen atoms in total. The lowest BCUT2D eigenvalue weighted by atomic mass is 10.2. The van der Waals surface area contributed by atoms with Crippen LogP contribution < -0.4 is 10.1 Å². The first-order chi connectivity index (χ1) is 13.0. The second kappa shape index (κ2) is 10.8. The fourth-order valence-corrected chi connectivity index (χ4v) is 2.64. The van der Waals surface area contributed by atoms with Crippen molar-refractivity contribution in [3.63, 3.8) is 0 Å². The first kappa shape index (κ1) is 21.1. The van der Waals surface area contributed by atoms with Gasteiger partial charge in [-0.15, -0.1) is 0 Å². The number of phenols is 1. The van der Waals surface area contributed by atoms with E-state index in [0.717, 1.165) is 31.7 Å². The molecule has 150 valence electrons. The number of phenolic OH excluding ortho intramolecular Hbond substituents is 1. The van der Waals surface area contributed by atoms with Crippen molar-refractivity contribution < 1.29 is 29.9 Å². The Morgan fingerprint density at radius 3 is 2.63 bits per heavy atom. The van der Waals surface area contributed by atoms with Gasteiger partial charge in [-0.3, -0.25) is 25.0 Å². The molecule has 0 saturated carbocycles. The summed E-state index contributed by atoms with van der Waals surface area (Å²) in [5.74, 6) is 0.199. The molecule has 0 unspecified atom stereocenters. The summed E-state index contributed by atoms with van der Waals surface area (Å²) in [7, 11) is 1.47. The van der Waals surface area contributed by atoms with Gasteiger partial charge in [0.1, 0.15) is 0 Å². The second-order valence-corrected chi connectivity index (χ2v) is 6.01. The maximum atomic E-state index is 12.0. The molecule has 1 aliphatic heterocycles. The van der Waals surface area contributed by atoms with Gasteiger partial charge in [-0.25, -0.2) is 4.84 Å². The molecule has 1 aromatic rings. The lowest BCUT2D eigenvalue weighted by molar-refractivity contribution is -0.492. The average Bonchev–Trinajstić information content (AvgIpc) is 2.66. The molecule has 1 aliphatic rings. The summed E-state index contributed by atoms with van der Waals surface area (Å²) in [4.78, 5) is 20.8. The van der Waals surface area contributed by atoms with E-state index in [9.17, 15) is 9.90 Å². The van der Waals surface area contributed by atoms with E-state index in [2.05, 4.69) is 20.0 Å². The quantitative estimate of drug-likeness (QED) is 0.349. The van der Waals surface area contributed by atoms with E-state index in [4.69, 9.17) is 15.2 Å². The number of methoxy groups -OCH3 is 1. The summed E-state index contributed by atoms with van der Waals surface area (Å²) in [5.41, 5.74) is 0.750. The molecule has 0 aliphatic carbocycles. The summed E-state index contributed by atoms with van der Waals surface area (Å²) in [6, 6.07) is 4.85. The third kappa shape index (κ3) is 7.51. The normalized spacial score (nSPS) is 16.1. The summed E-state index contributed by atoms with van der Waals surface area (Å²) < 4.78 is 5.03. The number of carbonyl (C=O) groups excluding carboxylic acids is 1. The topological polar surface area (TPSA) is 118 Å². The smallest absolute Gasteiger partial charge is 0.245 e. The van der Waals surface area contributed by atoms with Crippen LogP contribution in [0.15, 0.2) is 24.3 Å². The molecule has 4 N–H and O–H groups in total. The lowest BCUT2D eigenvalue weighted by Crippen LogP contribution is -2.50. The summed E-state index contributed by atoms with van der Waals surface area (Å²) >= 11 is 0. The molecule has 0 aromatic heterocycles. The highest BCUT2D eigenvalue weighted by Gasteiger charge is 2.16. The minimum Gasteiger partial charge on any atom is -0.504 e. The number of piperazine rings is 1. The molecular formula is C17H26N4O6. The van der Waals surface area contributed by atoms with Gasteiger partial charge in [0.05, 0.1) is 25.8 Å². The van der Waals surface area contributed by atoms with Crippen LogP contribution in [0.3, 0.4) is 0 Å². The zero-order valence-corrected chi connectivity index (χ0v) is 15.2. The van der Waals surface area contributed by atoms with E-state index in [1.54, 1.807) is 18.2 Å². The van der Waals surface area contributed by atoms with E-state index >= 15 is 0 Å². The highest BCUT2D eigenvalue weighted by molar-refractivity contribution is 5.91. The van der Waals surface area contributed by atoms with Gasteiger partial charge in [0.15, 0.2) is 11.5 Å². The van der Waals surface area contributed by atoms with Crippen LogP contribution in [0.1, 0.15) is 5.56 Å². The zero-order valence-electron chi connectivity index (χ0n) is 15.2. The lowest BCUT2D eigenvalue weighted by Gasteiger charge is -2.34. The minimum absolute atomic E-state index is 0.0508. The van der Waals surface area contributed by atoms with Gasteiger partial charge in [-0.2, -0.15) is 0 Å². The highest BCUT2D eigenvalue weighted by atomic mass is 17.1. The average molecular weight is 382 g/mol. The molecule has 0 bridgehead atoms. The summed E-state index contributed by atoms with van der Waals surface area (Å²) in [6.07, 6.45) is 3.09. The number of rotatable bonds is 9. The molecule has 1 aromatic carbocycles. The number of hydrogen-bond acceptors (Lipinski definition) is 9. The molecule has 1 amide bonds. The van der Waals surface area contributed by atoms with Gasteiger partial charge in [-0.05, 0) is 23.8 Å². The molecule has 0 atom stereocenters. The van der Waals surface area contributed by atoms with Crippen molar-refractivity contribution in [1.29, 1.82) is 0 Å². The number of nitrogens with zero attached hydrogens (tertiary/aromatic N) is 3. The van der Waals surface area contributed by atoms with Gasteiger partial charge < -0.3 is 15.2 Å². The Labute approximate surface area is 157 Å². The van der Waals surface area contributed by atoms with Crippen LogP contribution in [0.2, 0.25) is 0 Å². The Kier molecular flexibility index (Phi) is 8.45. The fraction of sp³-hybridized carbons (Fsp3) is 0.471. The van der Waals surface area contributed by atoms with Crippen molar-refractivity contribution in [2.24, 2.45) is 0 Å². The first-order valence-electron chi connectivity index (χ1n) is 8.56. The van der Waals surface area contributed by atoms with Gasteiger partial charge in [0.2, 0.25) is 5.91 Å². The molecule has 27 heavy (non-hydrogen) atoms. The minimum atomic E-state index is -0.284. The number of amides is 1. The Hall–Kier alpha value is -2.21. The van der Waals surface area contributed by atoms with Crippen LogP contribution >= 0.6 is 0 Å².